The van der Waals surface area contributed by atoms with Gasteiger partial charge in [0.05, 0.1) is 0 Å². The molecule has 1 N–H and O–H groups in total. The van der Waals surface area contributed by atoms with E-state index >= 15 is 0 Å². The number of halogens is 3. The lowest BCUT2D eigenvalue weighted by molar-refractivity contribution is -0.274. The topological polar surface area (TPSA) is 79.2 Å². The highest BCUT2D eigenvalue weighted by molar-refractivity contribution is 7.94. The Morgan fingerprint density at radius 2 is 1.90 bits per heavy atom. The van der Waals surface area contributed by atoms with Crippen molar-refractivity contribution in [2.75, 3.05) is 11.6 Å². The van der Waals surface area contributed by atoms with E-state index < -0.39 is 26.9 Å². The van der Waals surface area contributed by atoms with E-state index in [0.29, 0.717) is 5.69 Å². The molecule has 0 saturated carbocycles. The maximum Gasteiger partial charge on any atom is 0.573 e. The number of alkyl halides is 3. The fraction of sp³-hybridized carbons (Fsp3) is 0.182. The summed E-state index contributed by atoms with van der Waals surface area (Å²) in [4.78, 5) is -0.492. The van der Waals surface area contributed by atoms with Gasteiger partial charge < -0.3 is 10.1 Å². The van der Waals surface area contributed by atoms with Crippen LogP contribution in [0.2, 0.25) is 0 Å². The standard InChI is InChI=1S/C11H9F3N2O3S/c1-20(17,18)10(6-15)7-16-8-2-4-9(5-3-8)19-11(12,13)14/h2-5,7,16H,1H3. The van der Waals surface area contributed by atoms with E-state index in [-0.39, 0.29) is 0 Å². The Kier molecular flexibility index (Phi) is 4.62. The molecule has 0 unspecified atom stereocenters. The number of nitrogens with one attached hydrogen (secondary N) is 1. The summed E-state index contributed by atoms with van der Waals surface area (Å²) in [6.07, 6.45) is -2.96. The van der Waals surface area contributed by atoms with E-state index in [0.717, 1.165) is 24.6 Å². The van der Waals surface area contributed by atoms with Gasteiger partial charge >= 0.3 is 6.36 Å². The molecule has 0 bridgehead atoms. The predicted octanol–water partition coefficient (Wildman–Crippen LogP) is 2.41. The van der Waals surface area contributed by atoms with Gasteiger partial charge in [-0.3, -0.25) is 0 Å². The van der Waals surface area contributed by atoms with Crippen LogP contribution in [0.4, 0.5) is 18.9 Å². The van der Waals surface area contributed by atoms with E-state index in [1.54, 1.807) is 0 Å². The van der Waals surface area contributed by atoms with Gasteiger partial charge in [0.15, 0.2) is 14.7 Å². The smallest absolute Gasteiger partial charge is 0.406 e. The van der Waals surface area contributed by atoms with Crippen molar-refractivity contribution in [3.05, 3.63) is 35.4 Å². The Bertz CT molecular complexity index is 643. The van der Waals surface area contributed by atoms with Crippen LogP contribution >= 0.6 is 0 Å². The van der Waals surface area contributed by atoms with E-state index in [2.05, 4.69) is 10.1 Å². The zero-order valence-corrected chi connectivity index (χ0v) is 10.9. The molecular formula is C11H9F3N2O3S. The van der Waals surface area contributed by atoms with Crippen LogP contribution in [0.5, 0.6) is 5.75 Å². The molecule has 5 nitrogen and oxygen atoms in total. The van der Waals surface area contributed by atoms with Crippen molar-refractivity contribution in [1.82, 2.24) is 0 Å². The molecular weight excluding hydrogens is 297 g/mol. The molecule has 1 aromatic rings. The second-order valence-corrected chi connectivity index (χ2v) is 5.59. The second-order valence-electron chi connectivity index (χ2n) is 3.61. The van der Waals surface area contributed by atoms with Crippen molar-refractivity contribution in [3.63, 3.8) is 0 Å². The largest absolute Gasteiger partial charge is 0.573 e. The van der Waals surface area contributed by atoms with Crippen LogP contribution in [0.1, 0.15) is 0 Å². The minimum Gasteiger partial charge on any atom is -0.406 e. The fourth-order valence-electron chi connectivity index (χ4n) is 1.12. The van der Waals surface area contributed by atoms with Crippen molar-refractivity contribution in [3.8, 4) is 11.8 Å². The van der Waals surface area contributed by atoms with Crippen molar-refractivity contribution in [2.45, 2.75) is 6.36 Å². The number of nitrogens with zero attached hydrogens (tertiary/aromatic N) is 1. The molecule has 0 aliphatic rings. The molecule has 0 spiro atoms. The molecule has 0 aliphatic carbocycles. The van der Waals surface area contributed by atoms with Crippen molar-refractivity contribution >= 4 is 15.5 Å². The molecule has 0 saturated heterocycles. The monoisotopic (exact) mass is 306 g/mol. The van der Waals surface area contributed by atoms with Gasteiger partial charge in [0.2, 0.25) is 0 Å². The predicted molar refractivity (Wildman–Crippen MR) is 65.3 cm³/mol. The van der Waals surface area contributed by atoms with Gasteiger partial charge in [-0.05, 0) is 24.3 Å². The highest BCUT2D eigenvalue weighted by atomic mass is 32.2. The molecule has 0 radical (unpaired) electrons. The number of nitriles is 1. The first-order valence-electron chi connectivity index (χ1n) is 5.04. The van der Waals surface area contributed by atoms with E-state index in [1.165, 1.54) is 18.2 Å². The molecule has 0 fully saturated rings. The molecule has 9 heteroatoms. The van der Waals surface area contributed by atoms with E-state index in [9.17, 15) is 21.6 Å². The first-order chi connectivity index (χ1) is 9.12. The lowest BCUT2D eigenvalue weighted by atomic mass is 10.3. The summed E-state index contributed by atoms with van der Waals surface area (Å²) >= 11 is 0. The fourth-order valence-corrected chi connectivity index (χ4v) is 1.56. The van der Waals surface area contributed by atoms with Gasteiger partial charge in [-0.1, -0.05) is 0 Å². The quantitative estimate of drug-likeness (QED) is 0.864. The van der Waals surface area contributed by atoms with Crippen molar-refractivity contribution < 1.29 is 26.3 Å². The van der Waals surface area contributed by atoms with Gasteiger partial charge in [-0.2, -0.15) is 5.26 Å². The molecule has 1 rings (SSSR count). The van der Waals surface area contributed by atoms with Crippen LogP contribution in [0.25, 0.3) is 0 Å². The zero-order chi connectivity index (χ0) is 15.4. The van der Waals surface area contributed by atoms with Crippen LogP contribution in [0.15, 0.2) is 35.4 Å². The normalized spacial score (nSPS) is 12.7. The van der Waals surface area contributed by atoms with Crippen molar-refractivity contribution in [1.29, 1.82) is 5.26 Å². The number of rotatable bonds is 4. The van der Waals surface area contributed by atoms with Gasteiger partial charge in [-0.15, -0.1) is 13.2 Å². The number of ether oxygens (including phenoxy) is 1. The van der Waals surface area contributed by atoms with Crippen LogP contribution in [0.3, 0.4) is 0 Å². The van der Waals surface area contributed by atoms with E-state index in [4.69, 9.17) is 5.26 Å². The van der Waals surface area contributed by atoms with Crippen LogP contribution in [-0.2, 0) is 9.84 Å². The minimum absolute atomic E-state index is 0.302. The molecule has 0 aromatic heterocycles. The maximum atomic E-state index is 11.9. The third-order valence-electron chi connectivity index (χ3n) is 1.97. The summed E-state index contributed by atoms with van der Waals surface area (Å²) in [5, 5.41) is 11.1. The Balaban J connectivity index is 2.82. The summed E-state index contributed by atoms with van der Waals surface area (Å²) in [5.74, 6) is -0.407. The van der Waals surface area contributed by atoms with Gasteiger partial charge in [-0.25, -0.2) is 8.42 Å². The summed E-state index contributed by atoms with van der Waals surface area (Å²) < 4.78 is 61.7. The minimum atomic E-state index is -4.78. The number of sulfone groups is 1. The number of hydrogen-bond donors (Lipinski definition) is 1. The Labute approximate surface area is 113 Å². The summed E-state index contributed by atoms with van der Waals surface area (Å²) in [7, 11) is -3.65. The van der Waals surface area contributed by atoms with Gasteiger partial charge in [0.25, 0.3) is 0 Å². The van der Waals surface area contributed by atoms with Crippen LogP contribution in [0, 0.1) is 11.3 Å². The third-order valence-corrected chi connectivity index (χ3v) is 2.98. The zero-order valence-electron chi connectivity index (χ0n) is 10.1. The summed E-state index contributed by atoms with van der Waals surface area (Å²) in [6.45, 7) is 0. The third kappa shape index (κ3) is 5.19. The van der Waals surface area contributed by atoms with Gasteiger partial charge in [0.1, 0.15) is 11.8 Å². The first kappa shape index (κ1) is 15.8. The average molecular weight is 306 g/mol. The first-order valence-corrected chi connectivity index (χ1v) is 6.93. The molecule has 0 heterocycles. The SMILES string of the molecule is CS(=O)(=O)C(C#N)=CNc1ccc(OC(F)(F)F)cc1. The molecule has 1 aromatic carbocycles. The van der Waals surface area contributed by atoms with Crippen LogP contribution < -0.4 is 10.1 Å². The van der Waals surface area contributed by atoms with Gasteiger partial charge in [0, 0.05) is 18.1 Å². The molecule has 108 valence electrons. The van der Waals surface area contributed by atoms with Crippen LogP contribution in [-0.4, -0.2) is 21.0 Å². The highest BCUT2D eigenvalue weighted by Crippen LogP contribution is 2.24. The lowest BCUT2D eigenvalue weighted by Gasteiger charge is -2.09. The number of benzene rings is 1. The number of anilines is 1. The molecule has 0 amide bonds. The van der Waals surface area contributed by atoms with E-state index in [1.807, 2.05) is 0 Å². The lowest BCUT2D eigenvalue weighted by Crippen LogP contribution is -2.16. The second kappa shape index (κ2) is 5.83. The summed E-state index contributed by atoms with van der Waals surface area (Å²) in [6, 6.07) is 6.09. The Morgan fingerprint density at radius 3 is 2.30 bits per heavy atom. The Hall–Kier alpha value is -2.21. The average Bonchev–Trinajstić information content (AvgIpc) is 2.28. The number of allylic oxidation sites excluding steroid dienone is 1. The highest BCUT2D eigenvalue weighted by Gasteiger charge is 2.30. The summed E-state index contributed by atoms with van der Waals surface area (Å²) in [5.41, 5.74) is 0.302. The van der Waals surface area contributed by atoms with Crippen molar-refractivity contribution in [2.24, 2.45) is 0 Å². The molecule has 0 atom stereocenters. The number of hydrogen-bond acceptors (Lipinski definition) is 5. The molecule has 0 aliphatic heterocycles. The molecule has 20 heavy (non-hydrogen) atoms. The maximum absolute atomic E-state index is 11.9. The Morgan fingerprint density at radius 1 is 1.35 bits per heavy atom.